The van der Waals surface area contributed by atoms with E-state index in [1.807, 2.05) is 4.90 Å². The summed E-state index contributed by atoms with van der Waals surface area (Å²) < 4.78 is 0. The van der Waals surface area contributed by atoms with Gasteiger partial charge >= 0.3 is 0 Å². The summed E-state index contributed by atoms with van der Waals surface area (Å²) in [6.45, 7) is 5.55. The highest BCUT2D eigenvalue weighted by Gasteiger charge is 2.35. The lowest BCUT2D eigenvalue weighted by atomic mass is 9.81. The van der Waals surface area contributed by atoms with Gasteiger partial charge in [0.2, 0.25) is 11.8 Å². The van der Waals surface area contributed by atoms with Crippen LogP contribution in [0.1, 0.15) is 57.4 Å². The third kappa shape index (κ3) is 4.62. The van der Waals surface area contributed by atoms with Crippen LogP contribution in [0.3, 0.4) is 0 Å². The first kappa shape index (κ1) is 18.0. The Morgan fingerprint density at radius 2 is 1.84 bits per heavy atom. The summed E-state index contributed by atoms with van der Waals surface area (Å²) in [5, 5.41) is 3.21. The number of nitrogens with one attached hydrogen (secondary N) is 1. The molecule has 1 aliphatic carbocycles. The van der Waals surface area contributed by atoms with E-state index < -0.39 is 0 Å². The summed E-state index contributed by atoms with van der Waals surface area (Å²) in [4.78, 5) is 26.5. The van der Waals surface area contributed by atoms with Crippen molar-refractivity contribution in [3.05, 3.63) is 35.9 Å². The monoisotopic (exact) mass is 342 g/mol. The number of hydrogen-bond donors (Lipinski definition) is 1. The molecule has 136 valence electrons. The van der Waals surface area contributed by atoms with Gasteiger partial charge in [-0.1, -0.05) is 44.2 Å². The van der Waals surface area contributed by atoms with Crippen molar-refractivity contribution >= 4 is 11.8 Å². The van der Waals surface area contributed by atoms with Crippen LogP contribution in [0.4, 0.5) is 0 Å². The molecule has 0 aromatic heterocycles. The Balaban J connectivity index is 1.46. The minimum atomic E-state index is -0.168. The second-order valence-corrected chi connectivity index (χ2v) is 8.06. The SMILES string of the molecule is CC(C)CN1C[C@H](C(=O)NC2CCC(c3ccccc3)CC2)CC1=O. The number of hydrogen-bond acceptors (Lipinski definition) is 2. The molecule has 1 heterocycles. The Kier molecular flexibility index (Phi) is 5.77. The zero-order valence-corrected chi connectivity index (χ0v) is 15.4. The van der Waals surface area contributed by atoms with Crippen molar-refractivity contribution in [2.45, 2.75) is 57.9 Å². The molecule has 1 saturated heterocycles. The van der Waals surface area contributed by atoms with E-state index >= 15 is 0 Å². The lowest BCUT2D eigenvalue weighted by Crippen LogP contribution is -2.41. The highest BCUT2D eigenvalue weighted by atomic mass is 16.2. The van der Waals surface area contributed by atoms with E-state index in [4.69, 9.17) is 0 Å². The molecule has 1 saturated carbocycles. The maximum atomic E-state index is 12.6. The number of carbonyl (C=O) groups excluding carboxylic acids is 2. The van der Waals surface area contributed by atoms with Gasteiger partial charge in [0.15, 0.2) is 0 Å². The minimum absolute atomic E-state index is 0.0720. The van der Waals surface area contributed by atoms with Crippen molar-refractivity contribution in [1.82, 2.24) is 10.2 Å². The number of benzene rings is 1. The molecule has 0 bridgehead atoms. The molecule has 1 aliphatic heterocycles. The van der Waals surface area contributed by atoms with Gasteiger partial charge in [-0.15, -0.1) is 0 Å². The molecular weight excluding hydrogens is 312 g/mol. The molecule has 0 spiro atoms. The second-order valence-electron chi connectivity index (χ2n) is 8.06. The first-order chi connectivity index (χ1) is 12.0. The molecule has 25 heavy (non-hydrogen) atoms. The number of nitrogens with zero attached hydrogens (tertiary/aromatic N) is 1. The van der Waals surface area contributed by atoms with Crippen LogP contribution in [0, 0.1) is 11.8 Å². The normalized spacial score (nSPS) is 26.9. The van der Waals surface area contributed by atoms with Gasteiger partial charge in [0, 0.05) is 25.6 Å². The van der Waals surface area contributed by atoms with Crippen molar-refractivity contribution < 1.29 is 9.59 Å². The molecule has 2 amide bonds. The molecule has 4 heteroatoms. The van der Waals surface area contributed by atoms with Crippen molar-refractivity contribution in [3.63, 3.8) is 0 Å². The van der Waals surface area contributed by atoms with E-state index in [1.165, 1.54) is 5.56 Å². The van der Waals surface area contributed by atoms with Gasteiger partial charge in [-0.25, -0.2) is 0 Å². The molecule has 2 fully saturated rings. The Labute approximate surface area is 151 Å². The van der Waals surface area contributed by atoms with Crippen LogP contribution >= 0.6 is 0 Å². The van der Waals surface area contributed by atoms with Gasteiger partial charge in [0.1, 0.15) is 0 Å². The highest BCUT2D eigenvalue weighted by molar-refractivity contribution is 5.89. The zero-order chi connectivity index (χ0) is 17.8. The molecule has 1 aromatic rings. The van der Waals surface area contributed by atoms with Crippen LogP contribution in [-0.4, -0.2) is 35.8 Å². The van der Waals surface area contributed by atoms with E-state index in [0.717, 1.165) is 32.2 Å². The lowest BCUT2D eigenvalue weighted by Gasteiger charge is -2.30. The maximum Gasteiger partial charge on any atom is 0.225 e. The van der Waals surface area contributed by atoms with Crippen LogP contribution in [0.15, 0.2) is 30.3 Å². The smallest absolute Gasteiger partial charge is 0.225 e. The van der Waals surface area contributed by atoms with Crippen LogP contribution in [-0.2, 0) is 9.59 Å². The average molecular weight is 342 g/mol. The van der Waals surface area contributed by atoms with Crippen molar-refractivity contribution in [2.24, 2.45) is 11.8 Å². The third-order valence-electron chi connectivity index (χ3n) is 5.52. The fourth-order valence-corrected chi connectivity index (χ4v) is 4.18. The first-order valence-corrected chi connectivity index (χ1v) is 9.66. The molecule has 0 radical (unpaired) electrons. The average Bonchev–Trinajstić information content (AvgIpc) is 2.96. The van der Waals surface area contributed by atoms with Crippen LogP contribution in [0.25, 0.3) is 0 Å². The van der Waals surface area contributed by atoms with Gasteiger partial charge < -0.3 is 10.2 Å². The Morgan fingerprint density at radius 1 is 1.16 bits per heavy atom. The fourth-order valence-electron chi connectivity index (χ4n) is 4.18. The molecular formula is C21H30N2O2. The molecule has 2 aliphatic rings. The summed E-state index contributed by atoms with van der Waals surface area (Å²) in [6.07, 6.45) is 4.68. The van der Waals surface area contributed by atoms with Gasteiger partial charge in [-0.05, 0) is 43.1 Å². The van der Waals surface area contributed by atoms with Crippen molar-refractivity contribution in [3.8, 4) is 0 Å². The molecule has 1 aromatic carbocycles. The molecule has 1 atom stereocenters. The first-order valence-electron chi connectivity index (χ1n) is 9.66. The van der Waals surface area contributed by atoms with Crippen LogP contribution in [0.2, 0.25) is 0 Å². The van der Waals surface area contributed by atoms with Gasteiger partial charge in [0.05, 0.1) is 5.92 Å². The number of amides is 2. The Bertz CT molecular complexity index is 591. The summed E-state index contributed by atoms with van der Waals surface area (Å²) in [6, 6.07) is 10.9. The standard InChI is InChI=1S/C21H30N2O2/c1-15(2)13-23-14-18(12-20(23)24)21(25)22-19-10-8-17(9-11-19)16-6-4-3-5-7-16/h3-7,15,17-19H,8-14H2,1-2H3,(H,22,25)/t17?,18-,19?/m1/s1. The van der Waals surface area contributed by atoms with E-state index in [2.05, 4.69) is 49.5 Å². The van der Waals surface area contributed by atoms with Gasteiger partial charge in [-0.2, -0.15) is 0 Å². The van der Waals surface area contributed by atoms with E-state index in [-0.39, 0.29) is 23.8 Å². The third-order valence-corrected chi connectivity index (χ3v) is 5.52. The van der Waals surface area contributed by atoms with Crippen molar-refractivity contribution in [1.29, 1.82) is 0 Å². The van der Waals surface area contributed by atoms with Gasteiger partial charge in [-0.3, -0.25) is 9.59 Å². The maximum absolute atomic E-state index is 12.6. The van der Waals surface area contributed by atoms with Gasteiger partial charge in [0.25, 0.3) is 0 Å². The topological polar surface area (TPSA) is 49.4 Å². The summed E-state index contributed by atoms with van der Waals surface area (Å²) in [5.74, 6) is 1.09. The van der Waals surface area contributed by atoms with E-state index in [0.29, 0.717) is 24.8 Å². The number of rotatable bonds is 5. The Morgan fingerprint density at radius 3 is 2.48 bits per heavy atom. The minimum Gasteiger partial charge on any atom is -0.353 e. The predicted octanol–water partition coefficient (Wildman–Crippen LogP) is 3.33. The summed E-state index contributed by atoms with van der Waals surface area (Å²) in [5.41, 5.74) is 1.41. The quantitative estimate of drug-likeness (QED) is 0.892. The molecule has 3 rings (SSSR count). The van der Waals surface area contributed by atoms with E-state index in [1.54, 1.807) is 0 Å². The second kappa shape index (κ2) is 8.03. The van der Waals surface area contributed by atoms with Crippen molar-refractivity contribution in [2.75, 3.05) is 13.1 Å². The molecule has 4 nitrogen and oxygen atoms in total. The number of likely N-dealkylation sites (tertiary alicyclic amines) is 1. The molecule has 0 unspecified atom stereocenters. The Hall–Kier alpha value is -1.84. The lowest BCUT2D eigenvalue weighted by molar-refractivity contribution is -0.129. The van der Waals surface area contributed by atoms with Crippen LogP contribution in [0.5, 0.6) is 0 Å². The number of carbonyl (C=O) groups is 2. The highest BCUT2D eigenvalue weighted by Crippen LogP contribution is 2.33. The zero-order valence-electron chi connectivity index (χ0n) is 15.4. The summed E-state index contributed by atoms with van der Waals surface area (Å²) >= 11 is 0. The van der Waals surface area contributed by atoms with Crippen LogP contribution < -0.4 is 5.32 Å². The predicted molar refractivity (Wildman–Crippen MR) is 99.1 cm³/mol. The fraction of sp³-hybridized carbons (Fsp3) is 0.619. The van der Waals surface area contributed by atoms with E-state index in [9.17, 15) is 9.59 Å². The molecule has 1 N–H and O–H groups in total. The summed E-state index contributed by atoms with van der Waals surface area (Å²) in [7, 11) is 0. The largest absolute Gasteiger partial charge is 0.353 e.